The lowest BCUT2D eigenvalue weighted by molar-refractivity contribution is -0.115. The second-order valence-electron chi connectivity index (χ2n) is 8.43. The van der Waals surface area contributed by atoms with Gasteiger partial charge in [0, 0.05) is 36.2 Å². The Morgan fingerprint density at radius 3 is 2.94 bits per heavy atom. The summed E-state index contributed by atoms with van der Waals surface area (Å²) in [4.78, 5) is 24.3. The number of anilines is 1. The zero-order valence-electron chi connectivity index (χ0n) is 18.0. The fourth-order valence-corrected chi connectivity index (χ4v) is 4.06. The van der Waals surface area contributed by atoms with Crippen molar-refractivity contribution >= 4 is 28.7 Å². The molecule has 0 spiro atoms. The number of aromatic nitrogens is 4. The largest absolute Gasteiger partial charge is 0.446 e. The molecule has 0 aliphatic heterocycles. The Labute approximate surface area is 180 Å². The van der Waals surface area contributed by atoms with Crippen LogP contribution in [0.2, 0.25) is 0 Å². The summed E-state index contributed by atoms with van der Waals surface area (Å²) in [7, 11) is 1.89. The number of fused-ring (bicyclic) bond motifs is 1. The van der Waals surface area contributed by atoms with Crippen LogP contribution < -0.4 is 10.6 Å². The summed E-state index contributed by atoms with van der Waals surface area (Å²) in [5, 5.41) is 18.1. The van der Waals surface area contributed by atoms with Gasteiger partial charge in [0.15, 0.2) is 5.82 Å². The van der Waals surface area contributed by atoms with Gasteiger partial charge in [-0.2, -0.15) is 10.2 Å². The highest BCUT2D eigenvalue weighted by molar-refractivity contribution is 5.92. The number of ether oxygens (including phenoxy) is 1. The molecule has 1 aliphatic rings. The van der Waals surface area contributed by atoms with Crippen LogP contribution in [0.5, 0.6) is 0 Å². The third-order valence-electron chi connectivity index (χ3n) is 5.55. The number of hydrogen-bond acceptors (Lipinski definition) is 5. The van der Waals surface area contributed by atoms with Crippen molar-refractivity contribution in [3.8, 4) is 0 Å². The first-order chi connectivity index (χ1) is 14.9. The first-order valence-corrected chi connectivity index (χ1v) is 10.6. The average molecular weight is 425 g/mol. The molecule has 1 aromatic carbocycles. The highest BCUT2D eigenvalue weighted by Gasteiger charge is 2.30. The van der Waals surface area contributed by atoms with E-state index in [1.807, 2.05) is 45.2 Å². The minimum Gasteiger partial charge on any atom is -0.446 e. The van der Waals surface area contributed by atoms with Crippen LogP contribution in [-0.4, -0.2) is 44.1 Å². The molecule has 1 saturated carbocycles. The van der Waals surface area contributed by atoms with Gasteiger partial charge < -0.3 is 15.4 Å². The minimum atomic E-state index is -0.373. The normalized spacial score (nSPS) is 18.5. The van der Waals surface area contributed by atoms with Crippen LogP contribution in [0.15, 0.2) is 30.5 Å². The maximum Gasteiger partial charge on any atom is 0.407 e. The molecule has 9 heteroatoms. The maximum absolute atomic E-state index is 12.5. The average Bonchev–Trinajstić information content (AvgIpc) is 3.42. The Morgan fingerprint density at radius 2 is 2.13 bits per heavy atom. The maximum atomic E-state index is 12.5. The fourth-order valence-electron chi connectivity index (χ4n) is 4.06. The summed E-state index contributed by atoms with van der Waals surface area (Å²) in [6.45, 7) is 3.80. The molecule has 31 heavy (non-hydrogen) atoms. The lowest BCUT2D eigenvalue weighted by Crippen LogP contribution is -2.33. The Bertz CT molecular complexity index is 1090. The van der Waals surface area contributed by atoms with Gasteiger partial charge in [-0.05, 0) is 50.8 Å². The predicted octanol–water partition coefficient (Wildman–Crippen LogP) is 3.25. The number of alkyl carbamates (subject to hydrolysis) is 1. The van der Waals surface area contributed by atoms with E-state index in [1.165, 1.54) is 0 Å². The molecule has 0 unspecified atom stereocenters. The summed E-state index contributed by atoms with van der Waals surface area (Å²) in [6, 6.07) is 7.80. The van der Waals surface area contributed by atoms with Gasteiger partial charge in [-0.25, -0.2) is 4.79 Å². The minimum absolute atomic E-state index is 0.0507. The van der Waals surface area contributed by atoms with Gasteiger partial charge in [-0.1, -0.05) is 6.07 Å². The van der Waals surface area contributed by atoms with Crippen LogP contribution in [0.4, 0.5) is 10.6 Å². The van der Waals surface area contributed by atoms with Crippen LogP contribution in [0, 0.1) is 0 Å². The van der Waals surface area contributed by atoms with Gasteiger partial charge in [0.05, 0.1) is 18.1 Å². The van der Waals surface area contributed by atoms with Crippen LogP contribution in [-0.2, 0) is 23.0 Å². The molecular weight excluding hydrogens is 396 g/mol. The lowest BCUT2D eigenvalue weighted by atomic mass is 10.0. The van der Waals surface area contributed by atoms with Crippen molar-refractivity contribution < 1.29 is 14.3 Å². The summed E-state index contributed by atoms with van der Waals surface area (Å²) >= 11 is 0. The van der Waals surface area contributed by atoms with Crippen molar-refractivity contribution in [1.29, 1.82) is 0 Å². The van der Waals surface area contributed by atoms with Crippen LogP contribution >= 0.6 is 0 Å². The molecule has 0 radical (unpaired) electrons. The number of aryl methyl sites for hydroxylation is 1. The molecular formula is C22H28N6O3. The van der Waals surface area contributed by atoms with E-state index < -0.39 is 0 Å². The van der Waals surface area contributed by atoms with E-state index in [4.69, 9.17) is 4.74 Å². The van der Waals surface area contributed by atoms with Crippen molar-refractivity contribution in [2.24, 2.45) is 7.05 Å². The molecule has 9 nitrogen and oxygen atoms in total. The number of hydrogen-bond donors (Lipinski definition) is 3. The third kappa shape index (κ3) is 5.04. The number of rotatable bonds is 6. The van der Waals surface area contributed by atoms with Crippen LogP contribution in [0.3, 0.4) is 0 Å². The topological polar surface area (TPSA) is 114 Å². The predicted molar refractivity (Wildman–Crippen MR) is 117 cm³/mol. The number of nitrogens with one attached hydrogen (secondary N) is 3. The van der Waals surface area contributed by atoms with Gasteiger partial charge in [0.25, 0.3) is 0 Å². The number of carbonyl (C=O) groups is 2. The van der Waals surface area contributed by atoms with Crippen molar-refractivity contribution in [3.63, 3.8) is 0 Å². The highest BCUT2D eigenvalue weighted by Crippen LogP contribution is 2.35. The summed E-state index contributed by atoms with van der Waals surface area (Å²) in [5.41, 5.74) is 2.90. The van der Waals surface area contributed by atoms with Crippen molar-refractivity contribution in [1.82, 2.24) is 25.3 Å². The molecule has 3 aromatic rings. The summed E-state index contributed by atoms with van der Waals surface area (Å²) in [6.07, 6.45) is 4.04. The summed E-state index contributed by atoms with van der Waals surface area (Å²) in [5.74, 6) is 0.603. The van der Waals surface area contributed by atoms with E-state index in [0.717, 1.165) is 41.4 Å². The Hall–Kier alpha value is -3.36. The smallest absolute Gasteiger partial charge is 0.407 e. The number of aromatic amines is 1. The molecule has 2 atom stereocenters. The molecule has 1 aliphatic carbocycles. The molecule has 1 fully saturated rings. The fraction of sp³-hybridized carbons (Fsp3) is 0.455. The number of carbonyl (C=O) groups excluding carboxylic acids is 2. The van der Waals surface area contributed by atoms with Crippen LogP contribution in [0.1, 0.15) is 50.3 Å². The van der Waals surface area contributed by atoms with Crippen LogP contribution in [0.25, 0.3) is 10.9 Å². The van der Waals surface area contributed by atoms with E-state index in [9.17, 15) is 9.59 Å². The van der Waals surface area contributed by atoms with E-state index in [2.05, 4.69) is 25.9 Å². The van der Waals surface area contributed by atoms with Gasteiger partial charge >= 0.3 is 6.09 Å². The van der Waals surface area contributed by atoms with Gasteiger partial charge in [-0.15, -0.1) is 0 Å². The molecule has 3 N–H and O–H groups in total. The SMILES string of the molecule is CC(C)NC(=O)O[C@@H]1CC[C@H](c2cc(NC(=O)Cc3ccc4c(cnn4C)c3)n[nH]2)C1. The van der Waals surface area contributed by atoms with E-state index in [0.29, 0.717) is 5.82 Å². The van der Waals surface area contributed by atoms with Crippen molar-refractivity contribution in [2.75, 3.05) is 5.32 Å². The first-order valence-electron chi connectivity index (χ1n) is 10.6. The monoisotopic (exact) mass is 424 g/mol. The molecule has 0 saturated heterocycles. The Morgan fingerprint density at radius 1 is 1.29 bits per heavy atom. The van der Waals surface area contributed by atoms with E-state index >= 15 is 0 Å². The Kier molecular flexibility index (Phi) is 5.92. The summed E-state index contributed by atoms with van der Waals surface area (Å²) < 4.78 is 7.29. The molecule has 2 aromatic heterocycles. The molecule has 164 valence electrons. The third-order valence-corrected chi connectivity index (χ3v) is 5.55. The van der Waals surface area contributed by atoms with Crippen molar-refractivity contribution in [3.05, 3.63) is 41.7 Å². The quantitative estimate of drug-likeness (QED) is 0.562. The number of H-pyrrole nitrogens is 1. The van der Waals surface area contributed by atoms with Gasteiger partial charge in [0.1, 0.15) is 6.10 Å². The zero-order valence-corrected chi connectivity index (χ0v) is 18.0. The van der Waals surface area contributed by atoms with Crippen molar-refractivity contribution in [2.45, 2.75) is 57.6 Å². The zero-order chi connectivity index (χ0) is 22.0. The standard InChI is InChI=1S/C22H28N6O3/c1-13(2)24-22(30)31-17-6-5-15(10-17)18-11-20(27-26-18)25-21(29)9-14-4-7-19-16(8-14)12-23-28(19)3/h4,7-8,11-13,15,17H,5-6,9-10H2,1-3H3,(H,24,30)(H2,25,26,27,29)/t15-,17+/m0/s1. The second-order valence-corrected chi connectivity index (χ2v) is 8.43. The van der Waals surface area contributed by atoms with E-state index in [-0.39, 0.29) is 36.5 Å². The van der Waals surface area contributed by atoms with E-state index in [1.54, 1.807) is 10.9 Å². The second kappa shape index (κ2) is 8.79. The number of benzene rings is 1. The molecule has 2 heterocycles. The molecule has 2 amide bonds. The number of amides is 2. The first kappa shape index (κ1) is 20.9. The lowest BCUT2D eigenvalue weighted by Gasteiger charge is -2.14. The molecule has 4 rings (SSSR count). The van der Waals surface area contributed by atoms with Gasteiger partial charge in [0.2, 0.25) is 5.91 Å². The molecule has 0 bridgehead atoms. The van der Waals surface area contributed by atoms with Gasteiger partial charge in [-0.3, -0.25) is 14.6 Å². The Balaban J connectivity index is 1.30. The highest BCUT2D eigenvalue weighted by atomic mass is 16.6. The number of nitrogens with zero attached hydrogens (tertiary/aromatic N) is 3.